The average Bonchev–Trinajstić information content (AvgIpc) is 2.33. The lowest BCUT2D eigenvalue weighted by Crippen LogP contribution is -1.99. The summed E-state index contributed by atoms with van der Waals surface area (Å²) in [6, 6.07) is 12.0. The van der Waals surface area contributed by atoms with Gasteiger partial charge < -0.3 is 11.1 Å². The fourth-order valence-corrected chi connectivity index (χ4v) is 1.68. The molecule has 0 saturated carbocycles. The zero-order valence-electron chi connectivity index (χ0n) is 9.88. The highest BCUT2D eigenvalue weighted by molar-refractivity contribution is 5.77. The van der Waals surface area contributed by atoms with Crippen molar-refractivity contribution in [3.8, 4) is 0 Å². The molecule has 0 heterocycles. The molecule has 0 amide bonds. The Kier molecular flexibility index (Phi) is 3.14. The van der Waals surface area contributed by atoms with Crippen LogP contribution in [0.2, 0.25) is 0 Å². The Bertz CT molecular complexity index is 597. The summed E-state index contributed by atoms with van der Waals surface area (Å²) in [5.74, 6) is 0. The van der Waals surface area contributed by atoms with Crippen LogP contribution in [-0.2, 0) is 0 Å². The minimum absolute atomic E-state index is 0.0254. The van der Waals surface area contributed by atoms with Gasteiger partial charge in [-0.2, -0.15) is 0 Å². The molecule has 2 aromatic rings. The molecular weight excluding hydrogens is 230 g/mol. The van der Waals surface area contributed by atoms with Crippen LogP contribution in [0.15, 0.2) is 42.5 Å². The third kappa shape index (κ3) is 2.40. The molecule has 0 aromatic heterocycles. The summed E-state index contributed by atoms with van der Waals surface area (Å²) >= 11 is 0. The number of nitro benzene ring substituents is 1. The fraction of sp³-hybridized carbons (Fsp3) is 0.0769. The fourth-order valence-electron chi connectivity index (χ4n) is 1.68. The Morgan fingerprint density at radius 2 is 1.89 bits per heavy atom. The van der Waals surface area contributed by atoms with E-state index in [1.165, 1.54) is 6.07 Å². The lowest BCUT2D eigenvalue weighted by Gasteiger charge is -2.10. The van der Waals surface area contributed by atoms with Crippen molar-refractivity contribution in [2.75, 3.05) is 11.1 Å². The third-order valence-corrected chi connectivity index (χ3v) is 2.58. The van der Waals surface area contributed by atoms with Crippen molar-refractivity contribution in [1.82, 2.24) is 0 Å². The summed E-state index contributed by atoms with van der Waals surface area (Å²) in [5, 5.41) is 13.9. The lowest BCUT2D eigenvalue weighted by molar-refractivity contribution is -0.383. The summed E-state index contributed by atoms with van der Waals surface area (Å²) in [4.78, 5) is 10.5. The molecule has 0 fully saturated rings. The predicted molar refractivity (Wildman–Crippen MR) is 72.0 cm³/mol. The maximum atomic E-state index is 10.9. The summed E-state index contributed by atoms with van der Waals surface area (Å²) in [6.07, 6.45) is 0. The number of nitrogens with zero attached hydrogens (tertiary/aromatic N) is 1. The van der Waals surface area contributed by atoms with Gasteiger partial charge in [0.15, 0.2) is 0 Å². The highest BCUT2D eigenvalue weighted by atomic mass is 16.6. The van der Waals surface area contributed by atoms with Crippen molar-refractivity contribution in [3.05, 3.63) is 58.1 Å². The maximum Gasteiger partial charge on any atom is 0.292 e. The van der Waals surface area contributed by atoms with E-state index in [2.05, 4.69) is 5.32 Å². The number of nitro groups is 1. The Morgan fingerprint density at radius 3 is 2.56 bits per heavy atom. The molecule has 2 aromatic carbocycles. The number of para-hydroxylation sites is 2. The minimum atomic E-state index is -0.424. The second-order valence-electron chi connectivity index (χ2n) is 3.99. The molecule has 0 unspecified atom stereocenters. The second-order valence-corrected chi connectivity index (χ2v) is 3.99. The first-order valence-electron chi connectivity index (χ1n) is 5.44. The molecule has 0 bridgehead atoms. The highest BCUT2D eigenvalue weighted by Gasteiger charge is 2.12. The maximum absolute atomic E-state index is 10.9. The van der Waals surface area contributed by atoms with Gasteiger partial charge in [0.2, 0.25) is 0 Å². The molecule has 92 valence electrons. The monoisotopic (exact) mass is 243 g/mol. The zero-order valence-corrected chi connectivity index (χ0v) is 9.88. The van der Waals surface area contributed by atoms with Gasteiger partial charge in [-0.1, -0.05) is 18.2 Å². The van der Waals surface area contributed by atoms with Crippen LogP contribution in [0.1, 0.15) is 5.56 Å². The van der Waals surface area contributed by atoms with E-state index < -0.39 is 4.92 Å². The van der Waals surface area contributed by atoms with E-state index in [-0.39, 0.29) is 5.69 Å². The largest absolute Gasteiger partial charge is 0.397 e. The number of hydrogen-bond donors (Lipinski definition) is 2. The smallest absolute Gasteiger partial charge is 0.292 e. The number of anilines is 3. The van der Waals surface area contributed by atoms with Crippen molar-refractivity contribution >= 4 is 22.7 Å². The third-order valence-electron chi connectivity index (χ3n) is 2.58. The molecule has 0 aliphatic carbocycles. The molecule has 18 heavy (non-hydrogen) atoms. The van der Waals surface area contributed by atoms with Crippen molar-refractivity contribution in [2.45, 2.75) is 6.92 Å². The van der Waals surface area contributed by atoms with Crippen LogP contribution < -0.4 is 11.1 Å². The summed E-state index contributed by atoms with van der Waals surface area (Å²) in [7, 11) is 0. The average molecular weight is 243 g/mol. The molecule has 0 saturated heterocycles. The van der Waals surface area contributed by atoms with Crippen molar-refractivity contribution in [2.24, 2.45) is 0 Å². The molecule has 0 spiro atoms. The van der Waals surface area contributed by atoms with E-state index in [1.807, 2.05) is 19.1 Å². The second kappa shape index (κ2) is 4.75. The Labute approximate surface area is 104 Å². The van der Waals surface area contributed by atoms with Gasteiger partial charge >= 0.3 is 0 Å². The van der Waals surface area contributed by atoms with Crippen LogP contribution in [0.5, 0.6) is 0 Å². The van der Waals surface area contributed by atoms with Crippen molar-refractivity contribution in [1.29, 1.82) is 0 Å². The zero-order chi connectivity index (χ0) is 13.1. The van der Waals surface area contributed by atoms with Gasteiger partial charge in [0.1, 0.15) is 5.69 Å². The van der Waals surface area contributed by atoms with E-state index in [1.54, 1.807) is 24.3 Å². The van der Waals surface area contributed by atoms with E-state index in [9.17, 15) is 10.1 Å². The number of nitrogen functional groups attached to an aromatic ring is 1. The Morgan fingerprint density at radius 1 is 1.17 bits per heavy atom. The molecule has 0 atom stereocenters. The molecule has 0 aliphatic rings. The van der Waals surface area contributed by atoms with E-state index in [4.69, 9.17) is 5.73 Å². The lowest BCUT2D eigenvalue weighted by atomic mass is 10.2. The molecular formula is C13H13N3O2. The Hall–Kier alpha value is -2.56. The molecule has 5 nitrogen and oxygen atoms in total. The van der Waals surface area contributed by atoms with Crippen molar-refractivity contribution < 1.29 is 4.92 Å². The number of rotatable bonds is 3. The van der Waals surface area contributed by atoms with Crippen LogP contribution >= 0.6 is 0 Å². The van der Waals surface area contributed by atoms with E-state index in [0.29, 0.717) is 17.1 Å². The number of benzene rings is 2. The van der Waals surface area contributed by atoms with E-state index in [0.717, 1.165) is 5.56 Å². The van der Waals surface area contributed by atoms with E-state index >= 15 is 0 Å². The quantitative estimate of drug-likeness (QED) is 0.492. The highest BCUT2D eigenvalue weighted by Crippen LogP contribution is 2.29. The van der Waals surface area contributed by atoms with Crippen molar-refractivity contribution in [3.63, 3.8) is 0 Å². The van der Waals surface area contributed by atoms with Crippen LogP contribution in [0.25, 0.3) is 0 Å². The first-order chi connectivity index (χ1) is 8.58. The van der Waals surface area contributed by atoms with Gasteiger partial charge in [-0.3, -0.25) is 10.1 Å². The number of nitrogens with two attached hydrogens (primary N) is 1. The number of aryl methyl sites for hydroxylation is 1. The van der Waals surface area contributed by atoms with Gasteiger partial charge in [0, 0.05) is 6.07 Å². The SMILES string of the molecule is Cc1ccc(Nc2ccccc2[N+](=O)[O-])c(N)c1. The van der Waals surface area contributed by atoms with Crippen LogP contribution in [-0.4, -0.2) is 4.92 Å². The molecule has 0 aliphatic heterocycles. The van der Waals surface area contributed by atoms with Gasteiger partial charge in [0.25, 0.3) is 5.69 Å². The molecule has 5 heteroatoms. The normalized spacial score (nSPS) is 10.1. The van der Waals surface area contributed by atoms with Crippen LogP contribution in [0, 0.1) is 17.0 Å². The number of nitrogens with one attached hydrogen (secondary N) is 1. The molecule has 2 rings (SSSR count). The molecule has 0 radical (unpaired) electrons. The standard InChI is InChI=1S/C13H13N3O2/c1-9-6-7-11(10(14)8-9)15-12-4-2-3-5-13(12)16(17)18/h2-8,15H,14H2,1H3. The van der Waals surface area contributed by atoms with Crippen LogP contribution in [0.4, 0.5) is 22.7 Å². The predicted octanol–water partition coefficient (Wildman–Crippen LogP) is 3.23. The summed E-state index contributed by atoms with van der Waals surface area (Å²) in [5.41, 5.74) is 8.58. The van der Waals surface area contributed by atoms with Gasteiger partial charge in [-0.05, 0) is 30.7 Å². The molecule has 3 N–H and O–H groups in total. The Balaban J connectivity index is 2.37. The topological polar surface area (TPSA) is 81.2 Å². The first kappa shape index (κ1) is 11.9. The van der Waals surface area contributed by atoms with Gasteiger partial charge in [-0.25, -0.2) is 0 Å². The first-order valence-corrected chi connectivity index (χ1v) is 5.44. The van der Waals surface area contributed by atoms with Gasteiger partial charge in [0.05, 0.1) is 16.3 Å². The van der Waals surface area contributed by atoms with Crippen LogP contribution in [0.3, 0.4) is 0 Å². The van der Waals surface area contributed by atoms with Gasteiger partial charge in [-0.15, -0.1) is 0 Å². The summed E-state index contributed by atoms with van der Waals surface area (Å²) < 4.78 is 0. The minimum Gasteiger partial charge on any atom is -0.397 e. The number of hydrogen-bond acceptors (Lipinski definition) is 4. The summed E-state index contributed by atoms with van der Waals surface area (Å²) in [6.45, 7) is 1.94.